The maximum atomic E-state index is 9.65. The Morgan fingerprint density at radius 1 is 1.60 bits per heavy atom. The summed E-state index contributed by atoms with van der Waals surface area (Å²) in [7, 11) is 1.87. The molecular weight excluding hydrogens is 190 g/mol. The first-order valence-electron chi connectivity index (χ1n) is 4.72. The summed E-state index contributed by atoms with van der Waals surface area (Å²) in [5.41, 5.74) is 0.504. The number of aromatic nitrogens is 1. The molecule has 0 aliphatic carbocycles. The van der Waals surface area contributed by atoms with Gasteiger partial charge in [0.1, 0.15) is 11.8 Å². The number of rotatable bonds is 3. The number of likely N-dealkylation sites (N-methyl/N-ethyl adjacent to an activating group) is 1. The van der Waals surface area contributed by atoms with Gasteiger partial charge < -0.3 is 10.0 Å². The average molecular weight is 205 g/mol. The van der Waals surface area contributed by atoms with E-state index >= 15 is 0 Å². The number of hydrogen-bond donors (Lipinski definition) is 1. The van der Waals surface area contributed by atoms with E-state index in [0.29, 0.717) is 12.2 Å². The second kappa shape index (κ2) is 4.28. The minimum Gasteiger partial charge on any atom is -0.389 e. The van der Waals surface area contributed by atoms with Crippen molar-refractivity contribution in [3.63, 3.8) is 0 Å². The number of hydrogen-bond acceptors (Lipinski definition) is 4. The summed E-state index contributed by atoms with van der Waals surface area (Å²) >= 11 is 0. The third-order valence-electron chi connectivity index (χ3n) is 1.92. The predicted octanol–water partition coefficient (Wildman–Crippen LogP) is 1.16. The van der Waals surface area contributed by atoms with Crippen LogP contribution in [0, 0.1) is 11.3 Å². The molecule has 1 aromatic rings. The van der Waals surface area contributed by atoms with Crippen LogP contribution in [0.5, 0.6) is 0 Å². The van der Waals surface area contributed by atoms with Crippen LogP contribution < -0.4 is 4.90 Å². The zero-order valence-electron chi connectivity index (χ0n) is 9.23. The summed E-state index contributed by atoms with van der Waals surface area (Å²) in [6.07, 6.45) is 1.59. The maximum Gasteiger partial charge on any atom is 0.142 e. The van der Waals surface area contributed by atoms with Crippen LogP contribution in [0.15, 0.2) is 18.3 Å². The summed E-state index contributed by atoms with van der Waals surface area (Å²) in [4.78, 5) is 5.78. The van der Waals surface area contributed by atoms with Crippen LogP contribution >= 0.6 is 0 Å². The molecule has 15 heavy (non-hydrogen) atoms. The summed E-state index contributed by atoms with van der Waals surface area (Å²) in [5.74, 6) is 0. The van der Waals surface area contributed by atoms with Crippen LogP contribution in [-0.2, 0) is 0 Å². The summed E-state index contributed by atoms with van der Waals surface area (Å²) in [6, 6.07) is 5.50. The van der Waals surface area contributed by atoms with Crippen LogP contribution in [0.2, 0.25) is 0 Å². The lowest BCUT2D eigenvalue weighted by Crippen LogP contribution is -2.36. The Bertz CT molecular complexity index is 376. The maximum absolute atomic E-state index is 9.65. The van der Waals surface area contributed by atoms with E-state index in [4.69, 9.17) is 5.26 Å². The molecule has 0 aromatic carbocycles. The zero-order valence-corrected chi connectivity index (χ0v) is 9.23. The van der Waals surface area contributed by atoms with E-state index in [0.717, 1.165) is 5.69 Å². The molecule has 0 atom stereocenters. The molecule has 0 aliphatic rings. The highest BCUT2D eigenvalue weighted by Crippen LogP contribution is 2.15. The first-order chi connectivity index (χ1) is 6.92. The van der Waals surface area contributed by atoms with Gasteiger partial charge in [0.15, 0.2) is 0 Å². The van der Waals surface area contributed by atoms with Crippen molar-refractivity contribution in [1.82, 2.24) is 4.98 Å². The van der Waals surface area contributed by atoms with Gasteiger partial charge >= 0.3 is 0 Å². The van der Waals surface area contributed by atoms with E-state index in [1.54, 1.807) is 26.1 Å². The Labute approximate surface area is 89.8 Å². The molecule has 4 heteroatoms. The molecule has 4 nitrogen and oxygen atoms in total. The largest absolute Gasteiger partial charge is 0.389 e. The number of nitriles is 1. The Morgan fingerprint density at radius 2 is 2.27 bits per heavy atom. The molecule has 0 spiro atoms. The van der Waals surface area contributed by atoms with Crippen LogP contribution in [0.4, 0.5) is 5.69 Å². The van der Waals surface area contributed by atoms with Crippen molar-refractivity contribution in [1.29, 1.82) is 5.26 Å². The zero-order chi connectivity index (χ0) is 11.5. The average Bonchev–Trinajstić information content (AvgIpc) is 2.15. The third-order valence-corrected chi connectivity index (χ3v) is 1.92. The molecule has 1 heterocycles. The van der Waals surface area contributed by atoms with Crippen molar-refractivity contribution in [2.75, 3.05) is 18.5 Å². The molecule has 0 saturated heterocycles. The predicted molar refractivity (Wildman–Crippen MR) is 58.5 cm³/mol. The van der Waals surface area contributed by atoms with Crippen molar-refractivity contribution in [3.05, 3.63) is 24.0 Å². The van der Waals surface area contributed by atoms with Gasteiger partial charge in [-0.2, -0.15) is 5.26 Å². The molecule has 1 rings (SSSR count). The monoisotopic (exact) mass is 205 g/mol. The molecule has 1 aromatic heterocycles. The number of nitrogens with zero attached hydrogens (tertiary/aromatic N) is 3. The standard InChI is InChI=1S/C11H15N3O/c1-11(2,15)8-14(3)10-4-5-13-9(6-10)7-12/h4-6,15H,8H2,1-3H3. The lowest BCUT2D eigenvalue weighted by molar-refractivity contribution is 0.0886. The summed E-state index contributed by atoms with van der Waals surface area (Å²) in [6.45, 7) is 3.99. The number of aliphatic hydroxyl groups is 1. The Morgan fingerprint density at radius 3 is 2.80 bits per heavy atom. The Balaban J connectivity index is 2.83. The minimum absolute atomic E-state index is 0.384. The molecule has 0 amide bonds. The van der Waals surface area contributed by atoms with Crippen LogP contribution in [-0.4, -0.2) is 29.3 Å². The molecule has 0 bridgehead atoms. The van der Waals surface area contributed by atoms with Gasteiger partial charge in [0.2, 0.25) is 0 Å². The summed E-state index contributed by atoms with van der Waals surface area (Å²) < 4.78 is 0. The first kappa shape index (κ1) is 11.5. The molecule has 0 aliphatic heterocycles. The topological polar surface area (TPSA) is 60.1 Å². The van der Waals surface area contributed by atoms with E-state index < -0.39 is 5.60 Å². The highest BCUT2D eigenvalue weighted by molar-refractivity contribution is 5.48. The smallest absolute Gasteiger partial charge is 0.142 e. The minimum atomic E-state index is -0.759. The highest BCUT2D eigenvalue weighted by Gasteiger charge is 2.16. The summed E-state index contributed by atoms with van der Waals surface area (Å²) in [5, 5.41) is 18.3. The lowest BCUT2D eigenvalue weighted by Gasteiger charge is -2.27. The quantitative estimate of drug-likeness (QED) is 0.804. The fourth-order valence-electron chi connectivity index (χ4n) is 1.39. The fraction of sp³-hybridized carbons (Fsp3) is 0.455. The van der Waals surface area contributed by atoms with Crippen molar-refractivity contribution in [3.8, 4) is 6.07 Å². The van der Waals surface area contributed by atoms with E-state index in [1.807, 2.05) is 24.1 Å². The number of pyridine rings is 1. The lowest BCUT2D eigenvalue weighted by atomic mass is 10.1. The van der Waals surface area contributed by atoms with Gasteiger partial charge in [0.25, 0.3) is 0 Å². The second-order valence-electron chi connectivity index (χ2n) is 4.18. The third kappa shape index (κ3) is 3.56. The van der Waals surface area contributed by atoms with Crippen molar-refractivity contribution < 1.29 is 5.11 Å². The van der Waals surface area contributed by atoms with Crippen molar-refractivity contribution >= 4 is 5.69 Å². The van der Waals surface area contributed by atoms with Crippen molar-refractivity contribution in [2.24, 2.45) is 0 Å². The van der Waals surface area contributed by atoms with Gasteiger partial charge in [0.05, 0.1) is 5.60 Å². The Hall–Kier alpha value is -1.60. The molecule has 0 saturated carbocycles. The van der Waals surface area contributed by atoms with Gasteiger partial charge in [-0.15, -0.1) is 0 Å². The molecule has 0 unspecified atom stereocenters. The second-order valence-corrected chi connectivity index (χ2v) is 4.18. The van der Waals surface area contributed by atoms with E-state index in [2.05, 4.69) is 4.98 Å². The van der Waals surface area contributed by atoms with E-state index in [9.17, 15) is 5.11 Å². The van der Waals surface area contributed by atoms with Crippen molar-refractivity contribution in [2.45, 2.75) is 19.4 Å². The Kier molecular flexibility index (Phi) is 3.28. The van der Waals surface area contributed by atoms with Crippen LogP contribution in [0.25, 0.3) is 0 Å². The van der Waals surface area contributed by atoms with Crippen LogP contribution in [0.3, 0.4) is 0 Å². The van der Waals surface area contributed by atoms with Gasteiger partial charge in [-0.3, -0.25) is 0 Å². The molecule has 80 valence electrons. The molecule has 1 N–H and O–H groups in total. The van der Waals surface area contributed by atoms with E-state index in [-0.39, 0.29) is 0 Å². The number of anilines is 1. The van der Waals surface area contributed by atoms with E-state index in [1.165, 1.54) is 0 Å². The molecule has 0 radical (unpaired) electrons. The van der Waals surface area contributed by atoms with Gasteiger partial charge in [-0.1, -0.05) is 0 Å². The fourth-order valence-corrected chi connectivity index (χ4v) is 1.39. The molecule has 0 fully saturated rings. The first-order valence-corrected chi connectivity index (χ1v) is 4.72. The van der Waals surface area contributed by atoms with Gasteiger partial charge in [0, 0.05) is 25.5 Å². The molecular formula is C11H15N3O. The van der Waals surface area contributed by atoms with Crippen LogP contribution in [0.1, 0.15) is 19.5 Å². The SMILES string of the molecule is CN(CC(C)(C)O)c1ccnc(C#N)c1. The highest BCUT2D eigenvalue weighted by atomic mass is 16.3. The van der Waals surface area contributed by atoms with Gasteiger partial charge in [-0.05, 0) is 26.0 Å². The normalized spacial score (nSPS) is 10.9. The van der Waals surface area contributed by atoms with Gasteiger partial charge in [-0.25, -0.2) is 4.98 Å².